The Balaban J connectivity index is 1.69. The van der Waals surface area contributed by atoms with Crippen molar-refractivity contribution in [3.05, 3.63) is 34.9 Å². The quantitative estimate of drug-likeness (QED) is 0.826. The average molecular weight is 350 g/mol. The summed E-state index contributed by atoms with van der Waals surface area (Å²) in [7, 11) is 4.27. The van der Waals surface area contributed by atoms with Gasteiger partial charge in [-0.1, -0.05) is 36.6 Å². The van der Waals surface area contributed by atoms with Crippen LogP contribution in [0.3, 0.4) is 0 Å². The molecule has 24 heavy (non-hydrogen) atoms. The predicted octanol–water partition coefficient (Wildman–Crippen LogP) is 4.78. The molecule has 1 aromatic rings. The highest BCUT2D eigenvalue weighted by atomic mass is 35.5. The maximum Gasteiger partial charge on any atom is 0.0716 e. The van der Waals surface area contributed by atoms with Crippen molar-refractivity contribution in [3.63, 3.8) is 0 Å². The van der Waals surface area contributed by atoms with E-state index in [0.717, 1.165) is 37.3 Å². The zero-order valence-corrected chi connectivity index (χ0v) is 15.9. The highest BCUT2D eigenvalue weighted by molar-refractivity contribution is 6.30. The monoisotopic (exact) mass is 349 g/mol. The highest BCUT2D eigenvalue weighted by Gasteiger charge is 2.47. The molecule has 0 amide bonds. The van der Waals surface area contributed by atoms with Crippen LogP contribution in [0, 0.1) is 17.8 Å². The van der Waals surface area contributed by atoms with Gasteiger partial charge in [-0.15, -0.1) is 0 Å². The lowest BCUT2D eigenvalue weighted by Crippen LogP contribution is -2.51. The molecular formula is C21H32ClNO. The van der Waals surface area contributed by atoms with Gasteiger partial charge in [0.2, 0.25) is 0 Å². The van der Waals surface area contributed by atoms with Crippen molar-refractivity contribution in [2.24, 2.45) is 17.8 Å². The molecule has 1 aromatic carbocycles. The van der Waals surface area contributed by atoms with Gasteiger partial charge in [-0.3, -0.25) is 0 Å². The molecule has 2 fully saturated rings. The van der Waals surface area contributed by atoms with E-state index in [9.17, 15) is 5.11 Å². The molecule has 3 unspecified atom stereocenters. The zero-order valence-electron chi connectivity index (χ0n) is 15.2. The Morgan fingerprint density at radius 2 is 1.79 bits per heavy atom. The van der Waals surface area contributed by atoms with Crippen molar-refractivity contribution in [3.8, 4) is 0 Å². The smallest absolute Gasteiger partial charge is 0.0716 e. The van der Waals surface area contributed by atoms with Crippen LogP contribution in [0.2, 0.25) is 5.02 Å². The Morgan fingerprint density at radius 3 is 2.42 bits per heavy atom. The first-order valence-corrected chi connectivity index (χ1v) is 9.96. The third kappa shape index (κ3) is 4.15. The van der Waals surface area contributed by atoms with Crippen molar-refractivity contribution in [1.82, 2.24) is 4.90 Å². The minimum atomic E-state index is -0.433. The lowest BCUT2D eigenvalue weighted by atomic mass is 9.64. The predicted molar refractivity (Wildman–Crippen MR) is 101 cm³/mol. The number of aliphatic hydroxyl groups is 1. The molecule has 0 saturated heterocycles. The van der Waals surface area contributed by atoms with E-state index >= 15 is 0 Å². The fraction of sp³-hybridized carbons (Fsp3) is 0.714. The first-order valence-electron chi connectivity index (χ1n) is 9.59. The summed E-state index contributed by atoms with van der Waals surface area (Å²) in [6, 6.07) is 8.29. The van der Waals surface area contributed by atoms with Crippen LogP contribution < -0.4 is 0 Å². The minimum Gasteiger partial charge on any atom is -0.389 e. The van der Waals surface area contributed by atoms with Crippen LogP contribution in [0.5, 0.6) is 0 Å². The molecule has 2 saturated carbocycles. The first-order chi connectivity index (χ1) is 11.5. The van der Waals surface area contributed by atoms with Crippen molar-refractivity contribution < 1.29 is 5.11 Å². The normalized spacial score (nSPS) is 31.7. The lowest BCUT2D eigenvalue weighted by Gasteiger charge is -2.48. The third-order valence-electron chi connectivity index (χ3n) is 6.36. The van der Waals surface area contributed by atoms with Gasteiger partial charge in [0.05, 0.1) is 5.60 Å². The van der Waals surface area contributed by atoms with Crippen molar-refractivity contribution in [2.75, 3.05) is 20.6 Å². The SMILES string of the molecule is CN(C)CC1CC(Cc2ccc(Cl)cc2)CCC1(O)C1CCCC1. The van der Waals surface area contributed by atoms with E-state index in [1.54, 1.807) is 0 Å². The van der Waals surface area contributed by atoms with E-state index in [1.165, 1.54) is 31.2 Å². The number of benzene rings is 1. The fourth-order valence-corrected chi connectivity index (χ4v) is 5.27. The Morgan fingerprint density at radius 1 is 1.12 bits per heavy atom. The molecule has 1 N–H and O–H groups in total. The van der Waals surface area contributed by atoms with E-state index in [4.69, 9.17) is 11.6 Å². The molecule has 2 nitrogen and oxygen atoms in total. The van der Waals surface area contributed by atoms with Crippen LogP contribution in [-0.2, 0) is 6.42 Å². The molecule has 0 aromatic heterocycles. The number of hydrogen-bond donors (Lipinski definition) is 1. The molecule has 2 aliphatic carbocycles. The number of rotatable bonds is 5. The van der Waals surface area contributed by atoms with Gasteiger partial charge in [0.25, 0.3) is 0 Å². The van der Waals surface area contributed by atoms with Gasteiger partial charge in [-0.05, 0) is 82.2 Å². The Bertz CT molecular complexity index is 523. The zero-order chi connectivity index (χ0) is 17.2. The average Bonchev–Trinajstić information content (AvgIpc) is 3.08. The summed E-state index contributed by atoms with van der Waals surface area (Å²) in [5, 5.41) is 12.4. The second kappa shape index (κ2) is 7.76. The number of nitrogens with zero attached hydrogens (tertiary/aromatic N) is 1. The Labute approximate surface area is 152 Å². The summed E-state index contributed by atoms with van der Waals surface area (Å²) in [6.45, 7) is 1.00. The molecule has 2 aliphatic rings. The van der Waals surface area contributed by atoms with Gasteiger partial charge in [0.15, 0.2) is 0 Å². The molecule has 134 valence electrons. The molecule has 3 heteroatoms. The first kappa shape index (κ1) is 18.2. The largest absolute Gasteiger partial charge is 0.389 e. The van der Waals surface area contributed by atoms with Crippen LogP contribution >= 0.6 is 11.6 Å². The maximum absolute atomic E-state index is 11.6. The van der Waals surface area contributed by atoms with Crippen LogP contribution in [0.15, 0.2) is 24.3 Å². The summed E-state index contributed by atoms with van der Waals surface area (Å²) in [4.78, 5) is 2.26. The number of hydrogen-bond acceptors (Lipinski definition) is 2. The standard InChI is InChI=1S/C21H32ClNO/c1-23(2)15-19-14-17(13-16-7-9-20(22)10-8-16)11-12-21(19,24)18-5-3-4-6-18/h7-10,17-19,24H,3-6,11-15H2,1-2H3. The summed E-state index contributed by atoms with van der Waals surface area (Å²) in [6.07, 6.45) is 9.44. The third-order valence-corrected chi connectivity index (χ3v) is 6.62. The van der Waals surface area contributed by atoms with E-state index in [0.29, 0.717) is 17.8 Å². The lowest BCUT2D eigenvalue weighted by molar-refractivity contribution is -0.109. The van der Waals surface area contributed by atoms with Gasteiger partial charge in [-0.25, -0.2) is 0 Å². The Hall–Kier alpha value is -0.570. The molecule has 3 atom stereocenters. The van der Waals surface area contributed by atoms with Crippen LogP contribution in [0.1, 0.15) is 50.5 Å². The van der Waals surface area contributed by atoms with Gasteiger partial charge >= 0.3 is 0 Å². The molecule has 0 aliphatic heterocycles. The Kier molecular flexibility index (Phi) is 5.89. The van der Waals surface area contributed by atoms with Gasteiger partial charge in [-0.2, -0.15) is 0 Å². The summed E-state index contributed by atoms with van der Waals surface area (Å²) < 4.78 is 0. The molecule has 0 bridgehead atoms. The topological polar surface area (TPSA) is 23.5 Å². The highest BCUT2D eigenvalue weighted by Crippen LogP contribution is 2.48. The molecular weight excluding hydrogens is 318 g/mol. The van der Waals surface area contributed by atoms with Gasteiger partial charge in [0, 0.05) is 17.5 Å². The number of halogens is 1. The molecule has 3 rings (SSSR count). The molecule has 0 radical (unpaired) electrons. The van der Waals surface area contributed by atoms with Gasteiger partial charge in [0.1, 0.15) is 0 Å². The van der Waals surface area contributed by atoms with Crippen LogP contribution in [-0.4, -0.2) is 36.2 Å². The molecule has 0 heterocycles. The summed E-state index contributed by atoms with van der Waals surface area (Å²) in [5.74, 6) is 1.61. The summed E-state index contributed by atoms with van der Waals surface area (Å²) in [5.41, 5.74) is 0.941. The fourth-order valence-electron chi connectivity index (χ4n) is 5.14. The maximum atomic E-state index is 11.6. The summed E-state index contributed by atoms with van der Waals surface area (Å²) >= 11 is 6.01. The molecule has 0 spiro atoms. The van der Waals surface area contributed by atoms with E-state index < -0.39 is 5.60 Å². The van der Waals surface area contributed by atoms with E-state index in [1.807, 2.05) is 12.1 Å². The minimum absolute atomic E-state index is 0.404. The second-order valence-electron chi connectivity index (χ2n) is 8.40. The second-order valence-corrected chi connectivity index (χ2v) is 8.84. The van der Waals surface area contributed by atoms with Crippen LogP contribution in [0.4, 0.5) is 0 Å². The van der Waals surface area contributed by atoms with E-state index in [2.05, 4.69) is 31.1 Å². The van der Waals surface area contributed by atoms with Crippen molar-refractivity contribution >= 4 is 11.6 Å². The van der Waals surface area contributed by atoms with Crippen molar-refractivity contribution in [2.45, 2.75) is 57.0 Å². The van der Waals surface area contributed by atoms with Crippen LogP contribution in [0.25, 0.3) is 0 Å². The van der Waals surface area contributed by atoms with Gasteiger partial charge < -0.3 is 10.0 Å². The van der Waals surface area contributed by atoms with E-state index in [-0.39, 0.29) is 0 Å². The van der Waals surface area contributed by atoms with Crippen molar-refractivity contribution in [1.29, 1.82) is 0 Å².